The highest BCUT2D eigenvalue weighted by atomic mass is 35.5. The van der Waals surface area contributed by atoms with E-state index in [0.29, 0.717) is 21.1 Å². The van der Waals surface area contributed by atoms with Crippen LogP contribution in [0, 0.1) is 0 Å². The summed E-state index contributed by atoms with van der Waals surface area (Å²) in [7, 11) is 0. The van der Waals surface area contributed by atoms with Gasteiger partial charge in [-0.3, -0.25) is 0 Å². The molecule has 0 fully saturated rings. The highest BCUT2D eigenvalue weighted by Crippen LogP contribution is 2.63. The molecule has 2 aliphatic rings. The van der Waals surface area contributed by atoms with Crippen molar-refractivity contribution in [3.63, 3.8) is 0 Å². The lowest BCUT2D eigenvalue weighted by Gasteiger charge is -2.30. The van der Waals surface area contributed by atoms with Gasteiger partial charge in [-0.2, -0.15) is 0 Å². The van der Waals surface area contributed by atoms with Crippen LogP contribution in [-0.4, -0.2) is 25.0 Å². The van der Waals surface area contributed by atoms with Crippen LogP contribution in [0.15, 0.2) is 48.5 Å². The van der Waals surface area contributed by atoms with Crippen LogP contribution >= 0.6 is 34.8 Å². The van der Waals surface area contributed by atoms with Crippen LogP contribution < -0.4 is 0 Å². The second-order valence-electron chi connectivity index (χ2n) is 13.0. The molecular formula is C33H25Cl3N4O. The summed E-state index contributed by atoms with van der Waals surface area (Å²) in [5.74, 6) is 0.00196. The summed E-state index contributed by atoms with van der Waals surface area (Å²) in [6, 6.07) is 15.7. The molecular weight excluding hydrogens is 575 g/mol. The number of aromatic nitrogens is 4. The van der Waals surface area contributed by atoms with E-state index in [1.54, 1.807) is 24.3 Å². The average Bonchev–Trinajstić information content (AvgIpc) is 3.24. The van der Waals surface area contributed by atoms with Gasteiger partial charge >= 0.3 is 0 Å². The lowest BCUT2D eigenvalue weighted by Crippen LogP contribution is -2.27. The molecule has 1 atom stereocenters. The van der Waals surface area contributed by atoms with E-state index in [2.05, 4.69) is 52.0 Å². The minimum atomic E-state index is -0.215. The zero-order valence-corrected chi connectivity index (χ0v) is 25.2. The Morgan fingerprint density at radius 1 is 0.488 bits per heavy atom. The van der Waals surface area contributed by atoms with Crippen molar-refractivity contribution in [2.45, 2.75) is 56.8 Å². The van der Waals surface area contributed by atoms with E-state index in [4.69, 9.17) is 54.7 Å². The van der Waals surface area contributed by atoms with Crippen LogP contribution in [0.25, 0.3) is 44.1 Å². The van der Waals surface area contributed by atoms with Gasteiger partial charge < -0.3 is 5.11 Å². The van der Waals surface area contributed by atoms with Gasteiger partial charge in [0.1, 0.15) is 5.75 Å². The molecule has 0 saturated carbocycles. The number of rotatable bonds is 0. The smallest absolute Gasteiger partial charge is 0.136 e. The largest absolute Gasteiger partial charge is 0.506 e. The Labute approximate surface area is 251 Å². The molecule has 41 heavy (non-hydrogen) atoms. The molecule has 0 bridgehead atoms. The summed E-state index contributed by atoms with van der Waals surface area (Å²) in [5.41, 5.74) is 10.9. The molecule has 4 aromatic carbocycles. The summed E-state index contributed by atoms with van der Waals surface area (Å²) >= 11 is 18.8. The van der Waals surface area contributed by atoms with Gasteiger partial charge in [0.25, 0.3) is 0 Å². The van der Waals surface area contributed by atoms with Crippen molar-refractivity contribution in [1.29, 1.82) is 0 Å². The Morgan fingerprint density at radius 3 is 1.22 bits per heavy atom. The molecule has 0 saturated heterocycles. The van der Waals surface area contributed by atoms with Crippen LogP contribution in [0.3, 0.4) is 0 Å². The van der Waals surface area contributed by atoms with Crippen molar-refractivity contribution in [3.8, 4) is 5.75 Å². The predicted octanol–water partition coefficient (Wildman–Crippen LogP) is 9.19. The maximum Gasteiger partial charge on any atom is 0.136 e. The van der Waals surface area contributed by atoms with E-state index >= 15 is 0 Å². The van der Waals surface area contributed by atoms with Crippen LogP contribution in [-0.2, 0) is 16.2 Å². The fourth-order valence-corrected chi connectivity index (χ4v) is 8.13. The van der Waals surface area contributed by atoms with Gasteiger partial charge in [-0.1, -0.05) is 62.5 Å². The monoisotopic (exact) mass is 598 g/mol. The quantitative estimate of drug-likeness (QED) is 0.176. The van der Waals surface area contributed by atoms with Crippen molar-refractivity contribution in [1.82, 2.24) is 19.9 Å². The topological polar surface area (TPSA) is 71.8 Å². The third-order valence-corrected chi connectivity index (χ3v) is 10.3. The van der Waals surface area contributed by atoms with Gasteiger partial charge in [-0.05, 0) is 88.4 Å². The van der Waals surface area contributed by atoms with Crippen molar-refractivity contribution >= 4 is 78.9 Å². The number of benzene rings is 4. The SMILES string of the molecule is CC1(C)CC2(CC(C)(C)c3cc4nc5cc(Cl)c(Cl)cc5nc4cc32)c2cc3nc4cc(O)c(Cl)cc4nc3cc21. The molecule has 2 aromatic heterocycles. The Hall–Kier alpha value is -3.25. The normalized spacial score (nSPS) is 20.5. The number of hydrogen-bond donors (Lipinski definition) is 1. The van der Waals surface area contributed by atoms with Gasteiger partial charge in [-0.15, -0.1) is 0 Å². The van der Waals surface area contributed by atoms with E-state index in [1.165, 1.54) is 22.3 Å². The van der Waals surface area contributed by atoms with E-state index < -0.39 is 0 Å². The summed E-state index contributed by atoms with van der Waals surface area (Å²) in [6.07, 6.45) is 1.92. The van der Waals surface area contributed by atoms with Crippen LogP contribution in [0.1, 0.15) is 62.8 Å². The number of halogens is 3. The molecule has 1 spiro atoms. The number of fused-ring (bicyclic) bond motifs is 8. The van der Waals surface area contributed by atoms with E-state index in [1.807, 2.05) is 0 Å². The maximum atomic E-state index is 10.2. The van der Waals surface area contributed by atoms with Crippen molar-refractivity contribution < 1.29 is 5.11 Å². The van der Waals surface area contributed by atoms with Crippen molar-refractivity contribution in [2.24, 2.45) is 0 Å². The Balaban J connectivity index is 1.41. The number of aromatic hydroxyl groups is 1. The first-order valence-corrected chi connectivity index (χ1v) is 14.7. The van der Waals surface area contributed by atoms with Gasteiger partial charge in [0, 0.05) is 11.5 Å². The lowest BCUT2D eigenvalue weighted by molar-refractivity contribution is 0.350. The zero-order valence-electron chi connectivity index (χ0n) is 22.9. The minimum Gasteiger partial charge on any atom is -0.506 e. The molecule has 204 valence electrons. The Morgan fingerprint density at radius 2 is 0.805 bits per heavy atom. The fourth-order valence-electron chi connectivity index (χ4n) is 7.65. The summed E-state index contributed by atoms with van der Waals surface area (Å²) in [5, 5.41) is 11.4. The maximum absolute atomic E-state index is 10.2. The third kappa shape index (κ3) is 3.49. The second-order valence-corrected chi connectivity index (χ2v) is 14.2. The highest BCUT2D eigenvalue weighted by molar-refractivity contribution is 6.42. The first-order valence-electron chi connectivity index (χ1n) is 13.6. The van der Waals surface area contributed by atoms with Gasteiger partial charge in [-0.25, -0.2) is 19.9 Å². The first kappa shape index (κ1) is 25.5. The second kappa shape index (κ2) is 7.97. The standard InChI is InChI=1S/C33H25Cl3N4O/c1-31(2)13-33(17-7-24-22(5-15(17)31)37-26-9-19(34)20(35)10-27(26)39-24)14-32(3,4)16-6-23-25(8-18(16)33)40-29-12-30(41)21(36)11-28(29)38-23/h5-12,41H,13-14H2,1-4H3. The molecule has 0 amide bonds. The highest BCUT2D eigenvalue weighted by Gasteiger charge is 2.56. The number of hydrogen-bond acceptors (Lipinski definition) is 5. The van der Waals surface area contributed by atoms with Gasteiger partial charge in [0.15, 0.2) is 0 Å². The summed E-state index contributed by atoms with van der Waals surface area (Å²) < 4.78 is 0. The summed E-state index contributed by atoms with van der Waals surface area (Å²) in [6.45, 7) is 9.29. The molecule has 0 aliphatic heterocycles. The molecule has 6 aromatic rings. The Bertz CT molecular complexity index is 2020. The zero-order chi connectivity index (χ0) is 28.6. The molecule has 0 radical (unpaired) electrons. The van der Waals surface area contributed by atoms with Crippen LogP contribution in [0.2, 0.25) is 15.1 Å². The fraction of sp³-hybridized carbons (Fsp3) is 0.273. The van der Waals surface area contributed by atoms with Gasteiger partial charge in [0.2, 0.25) is 0 Å². The molecule has 1 N–H and O–H groups in total. The molecule has 8 rings (SSSR count). The van der Waals surface area contributed by atoms with Gasteiger partial charge in [0.05, 0.1) is 59.2 Å². The minimum absolute atomic E-state index is 0.00196. The summed E-state index contributed by atoms with van der Waals surface area (Å²) in [4.78, 5) is 19.8. The molecule has 8 heteroatoms. The van der Waals surface area contributed by atoms with Crippen molar-refractivity contribution in [3.05, 3.63) is 85.9 Å². The van der Waals surface area contributed by atoms with E-state index in [9.17, 15) is 5.11 Å². The van der Waals surface area contributed by atoms with E-state index in [0.717, 1.165) is 45.9 Å². The number of phenolic OH excluding ortho intramolecular Hbond substituents is 1. The van der Waals surface area contributed by atoms with Crippen LogP contribution in [0.5, 0.6) is 5.75 Å². The third-order valence-electron chi connectivity index (χ3n) is 9.23. The van der Waals surface area contributed by atoms with E-state index in [-0.39, 0.29) is 27.0 Å². The molecule has 1 unspecified atom stereocenters. The first-order chi connectivity index (χ1) is 19.3. The average molecular weight is 600 g/mol. The van der Waals surface area contributed by atoms with Crippen LogP contribution in [0.4, 0.5) is 0 Å². The predicted molar refractivity (Wildman–Crippen MR) is 167 cm³/mol. The van der Waals surface area contributed by atoms with Crippen molar-refractivity contribution in [2.75, 3.05) is 0 Å². The molecule has 5 nitrogen and oxygen atoms in total. The Kier molecular flexibility index (Phi) is 4.95. The molecule has 2 aliphatic carbocycles. The molecule has 2 heterocycles. The number of phenols is 1. The lowest BCUT2D eigenvalue weighted by atomic mass is 9.72. The number of nitrogens with zero attached hydrogens (tertiary/aromatic N) is 4.